The van der Waals surface area contributed by atoms with E-state index in [-0.39, 0.29) is 9.41 Å². The van der Waals surface area contributed by atoms with Crippen LogP contribution in [0.25, 0.3) is 0 Å². The first-order valence-electron chi connectivity index (χ1n) is 14.0. The second-order valence-corrected chi connectivity index (χ2v) is 10.1. The Labute approximate surface area is 242 Å². The molecule has 41 heavy (non-hydrogen) atoms. The lowest BCUT2D eigenvalue weighted by molar-refractivity contribution is -0.137. The summed E-state index contributed by atoms with van der Waals surface area (Å²) in [7, 11) is 0. The van der Waals surface area contributed by atoms with Crippen molar-refractivity contribution in [3.63, 3.8) is 0 Å². The highest BCUT2D eigenvalue weighted by Gasteiger charge is 2.29. The molecule has 0 radical (unpaired) electrons. The molecule has 0 unspecified atom stereocenters. The number of hydrogen-bond acceptors (Lipinski definition) is 6. The molecule has 0 spiro atoms. The van der Waals surface area contributed by atoms with Crippen LogP contribution in [0.4, 0.5) is 25.3 Å². The molecule has 230 valence electrons. The highest BCUT2D eigenvalue weighted by atomic mass is 19.1. The Kier molecular flexibility index (Phi) is 18.9. The molecule has 1 N–H and O–H groups in total. The first-order chi connectivity index (χ1) is 18.8. The SMILES string of the molecule is C/C=C/Cc1nc(C2CCOCC2)nc2c1CCN2c1ccnc(CCCC(C)C)c1.C=CC.F.F.O=C(O)CF. The van der Waals surface area contributed by atoms with Gasteiger partial charge in [0.1, 0.15) is 11.6 Å². The van der Waals surface area contributed by atoms with E-state index in [9.17, 15) is 4.39 Å². The Morgan fingerprint density at radius 3 is 2.49 bits per heavy atom. The van der Waals surface area contributed by atoms with Crippen LogP contribution in [0.15, 0.2) is 43.1 Å². The molecule has 0 aromatic carbocycles. The van der Waals surface area contributed by atoms with Gasteiger partial charge in [0.05, 0.1) is 5.69 Å². The molecule has 1 fully saturated rings. The lowest BCUT2D eigenvalue weighted by Gasteiger charge is -2.24. The molecule has 2 aromatic rings. The number of halogens is 3. The summed E-state index contributed by atoms with van der Waals surface area (Å²) < 4.78 is 16.1. The molecule has 1 saturated heterocycles. The number of allylic oxidation sites excluding steroid dienone is 3. The van der Waals surface area contributed by atoms with E-state index in [2.05, 4.69) is 61.5 Å². The molecule has 2 aromatic heterocycles. The fraction of sp³-hybridized carbons (Fsp3) is 0.548. The molecule has 0 bridgehead atoms. The number of fused-ring (bicyclic) bond motifs is 1. The van der Waals surface area contributed by atoms with Gasteiger partial charge < -0.3 is 14.7 Å². The van der Waals surface area contributed by atoms with Gasteiger partial charge in [0.2, 0.25) is 0 Å². The number of carboxylic acid groups (broad SMARTS) is 1. The highest BCUT2D eigenvalue weighted by Crippen LogP contribution is 2.37. The summed E-state index contributed by atoms with van der Waals surface area (Å²) in [6.45, 7) is 13.2. The van der Waals surface area contributed by atoms with Crippen LogP contribution in [0.2, 0.25) is 0 Å². The summed E-state index contributed by atoms with van der Waals surface area (Å²) in [6, 6.07) is 4.39. The number of carbonyl (C=O) groups is 1. The van der Waals surface area contributed by atoms with Gasteiger partial charge in [-0.25, -0.2) is 19.2 Å². The first kappa shape index (κ1) is 37.7. The minimum atomic E-state index is -1.41. The molecule has 7 nitrogen and oxygen atoms in total. The maximum atomic E-state index is 10.5. The summed E-state index contributed by atoms with van der Waals surface area (Å²) in [6.07, 6.45) is 15.4. The van der Waals surface area contributed by atoms with Crippen LogP contribution in [0.5, 0.6) is 0 Å². The molecule has 0 aliphatic carbocycles. The second-order valence-electron chi connectivity index (χ2n) is 10.1. The summed E-state index contributed by atoms with van der Waals surface area (Å²) in [4.78, 5) is 26.2. The minimum Gasteiger partial charge on any atom is -0.479 e. The molecule has 0 amide bonds. The Bertz CT molecular complexity index is 1080. The minimum absolute atomic E-state index is 0. The number of aliphatic carboxylic acids is 1. The van der Waals surface area contributed by atoms with Crippen LogP contribution in [-0.4, -0.2) is 52.5 Å². The zero-order chi connectivity index (χ0) is 28.6. The van der Waals surface area contributed by atoms with Gasteiger partial charge in [-0.15, -0.1) is 6.58 Å². The average Bonchev–Trinajstić information content (AvgIpc) is 3.37. The lowest BCUT2D eigenvalue weighted by Crippen LogP contribution is -2.19. The monoisotopic (exact) mass is 580 g/mol. The van der Waals surface area contributed by atoms with Gasteiger partial charge in [0.15, 0.2) is 6.67 Å². The number of ether oxygens (including phenoxy) is 1. The van der Waals surface area contributed by atoms with E-state index in [0.717, 1.165) is 69.4 Å². The summed E-state index contributed by atoms with van der Waals surface area (Å²) in [5, 5.41) is 7.35. The standard InChI is InChI=1S/C26H36N4O.C3H6.C2H3FO2.2FH/c1-4-5-9-24-23-11-15-30(22-10-14-27-21(18-22)8-6-7-19(2)3)26(23)29-25(28-24)20-12-16-31-17-13-20;1-3-2;3-1-2(4)5;;/h4-5,10,14,18-20H,6-9,11-13,15-17H2,1-3H3;3H,1H2,2H3;1H2,(H,4,5);2*1H/b5-4+;;;;. The summed E-state index contributed by atoms with van der Waals surface area (Å²) in [5.41, 5.74) is 4.90. The molecule has 0 saturated carbocycles. The topological polar surface area (TPSA) is 88.4 Å². The zero-order valence-corrected chi connectivity index (χ0v) is 24.9. The largest absolute Gasteiger partial charge is 0.479 e. The van der Waals surface area contributed by atoms with Crippen molar-refractivity contribution in [2.45, 2.75) is 78.6 Å². The number of rotatable bonds is 9. The van der Waals surface area contributed by atoms with Crippen molar-refractivity contribution in [1.82, 2.24) is 15.0 Å². The van der Waals surface area contributed by atoms with E-state index >= 15 is 0 Å². The number of carboxylic acids is 1. The van der Waals surface area contributed by atoms with Crippen LogP contribution >= 0.6 is 0 Å². The van der Waals surface area contributed by atoms with Gasteiger partial charge in [0.25, 0.3) is 0 Å². The van der Waals surface area contributed by atoms with Crippen molar-refractivity contribution in [1.29, 1.82) is 0 Å². The Morgan fingerprint density at radius 1 is 1.24 bits per heavy atom. The summed E-state index contributed by atoms with van der Waals surface area (Å²) in [5.74, 6) is 1.83. The molecule has 2 aliphatic rings. The van der Waals surface area contributed by atoms with Gasteiger partial charge in [-0.3, -0.25) is 14.4 Å². The van der Waals surface area contributed by atoms with Gasteiger partial charge in [-0.1, -0.05) is 38.5 Å². The van der Waals surface area contributed by atoms with Crippen molar-refractivity contribution >= 4 is 17.5 Å². The van der Waals surface area contributed by atoms with Crippen LogP contribution < -0.4 is 4.90 Å². The van der Waals surface area contributed by atoms with Crippen LogP contribution in [-0.2, 0) is 28.8 Å². The first-order valence-corrected chi connectivity index (χ1v) is 14.0. The number of pyridine rings is 1. The van der Waals surface area contributed by atoms with Crippen molar-refractivity contribution < 1.29 is 28.4 Å². The Hall–Kier alpha value is -3.27. The van der Waals surface area contributed by atoms with Gasteiger partial charge in [0, 0.05) is 55.2 Å². The van der Waals surface area contributed by atoms with Gasteiger partial charge in [-0.05, 0) is 64.0 Å². The van der Waals surface area contributed by atoms with Crippen LogP contribution in [0, 0.1) is 5.92 Å². The van der Waals surface area contributed by atoms with Crippen molar-refractivity contribution in [2.75, 3.05) is 31.3 Å². The fourth-order valence-corrected chi connectivity index (χ4v) is 4.59. The normalized spacial score (nSPS) is 14.1. The lowest BCUT2D eigenvalue weighted by atomic mass is 9.98. The molecule has 2 aliphatic heterocycles. The van der Waals surface area contributed by atoms with Gasteiger partial charge >= 0.3 is 5.97 Å². The number of hydrogen-bond donors (Lipinski definition) is 1. The van der Waals surface area contributed by atoms with E-state index < -0.39 is 12.6 Å². The average molecular weight is 581 g/mol. The second kappa shape index (κ2) is 20.6. The van der Waals surface area contributed by atoms with E-state index in [0.29, 0.717) is 5.92 Å². The van der Waals surface area contributed by atoms with Crippen molar-refractivity contribution in [3.8, 4) is 0 Å². The van der Waals surface area contributed by atoms with Crippen LogP contribution in [0.1, 0.15) is 82.1 Å². The van der Waals surface area contributed by atoms with Crippen LogP contribution in [0.3, 0.4) is 0 Å². The predicted molar refractivity (Wildman–Crippen MR) is 161 cm³/mol. The summed E-state index contributed by atoms with van der Waals surface area (Å²) >= 11 is 0. The molecule has 4 rings (SSSR count). The number of alkyl halides is 1. The smallest absolute Gasteiger partial charge is 0.335 e. The number of anilines is 2. The van der Waals surface area contributed by atoms with E-state index in [1.807, 2.05) is 13.1 Å². The van der Waals surface area contributed by atoms with E-state index in [1.165, 1.54) is 35.5 Å². The highest BCUT2D eigenvalue weighted by molar-refractivity contribution is 5.68. The predicted octanol–water partition coefficient (Wildman–Crippen LogP) is 7.09. The fourth-order valence-electron chi connectivity index (χ4n) is 4.59. The van der Waals surface area contributed by atoms with Crippen molar-refractivity contribution in [3.05, 3.63) is 65.9 Å². The number of nitrogens with zero attached hydrogens (tertiary/aromatic N) is 4. The maximum absolute atomic E-state index is 10.5. The number of aromatic nitrogens is 3. The molecule has 4 heterocycles. The third-order valence-corrected chi connectivity index (χ3v) is 6.50. The molecular formula is C31H47F3N4O3. The molecule has 0 atom stereocenters. The van der Waals surface area contributed by atoms with Gasteiger partial charge in [-0.2, -0.15) is 0 Å². The zero-order valence-electron chi connectivity index (χ0n) is 24.9. The van der Waals surface area contributed by atoms with Crippen molar-refractivity contribution in [2.24, 2.45) is 5.92 Å². The van der Waals surface area contributed by atoms with E-state index in [4.69, 9.17) is 24.6 Å². The molecule has 10 heteroatoms. The third-order valence-electron chi connectivity index (χ3n) is 6.50. The molecular weight excluding hydrogens is 533 g/mol. The van der Waals surface area contributed by atoms with E-state index in [1.54, 1.807) is 6.08 Å². The number of aryl methyl sites for hydroxylation is 1. The third kappa shape index (κ3) is 12.4. The quantitative estimate of drug-likeness (QED) is 0.317. The Balaban J connectivity index is 0.00000143. The Morgan fingerprint density at radius 2 is 1.90 bits per heavy atom. The maximum Gasteiger partial charge on any atom is 0.335 e.